The predicted octanol–water partition coefficient (Wildman–Crippen LogP) is 5.75. The van der Waals surface area contributed by atoms with Gasteiger partial charge in [-0.3, -0.25) is 4.79 Å². The summed E-state index contributed by atoms with van der Waals surface area (Å²) < 4.78 is 9.67. The van der Waals surface area contributed by atoms with Gasteiger partial charge in [-0.25, -0.2) is 9.59 Å². The minimum Gasteiger partial charge on any atom is -0.479 e. The van der Waals surface area contributed by atoms with E-state index >= 15 is 0 Å². The highest BCUT2D eigenvalue weighted by Crippen LogP contribution is 2.10. The molecule has 0 aliphatic heterocycles. The number of allylic oxidation sites excluding steroid dienone is 4. The Morgan fingerprint density at radius 2 is 1.33 bits per heavy atom. The number of rotatable bonds is 18. The fourth-order valence-corrected chi connectivity index (χ4v) is 2.71. The van der Waals surface area contributed by atoms with Crippen LogP contribution in [0.4, 0.5) is 0 Å². The number of hydrogen-bond acceptors (Lipinski definition) is 5. The molecule has 0 bridgehead atoms. The molecule has 30 heavy (non-hydrogen) atoms. The van der Waals surface area contributed by atoms with Crippen molar-refractivity contribution in [2.24, 2.45) is 0 Å². The molecule has 0 aliphatic carbocycles. The van der Waals surface area contributed by atoms with Crippen LogP contribution in [0.2, 0.25) is 0 Å². The third-order valence-corrected chi connectivity index (χ3v) is 4.61. The van der Waals surface area contributed by atoms with Gasteiger partial charge in [-0.15, -0.1) is 0 Å². The van der Waals surface area contributed by atoms with E-state index in [2.05, 4.69) is 36.0 Å². The van der Waals surface area contributed by atoms with E-state index in [1.807, 2.05) is 0 Å². The van der Waals surface area contributed by atoms with Gasteiger partial charge >= 0.3 is 17.9 Å². The zero-order valence-corrected chi connectivity index (χ0v) is 18.9. The van der Waals surface area contributed by atoms with Crippen molar-refractivity contribution in [2.75, 3.05) is 0 Å². The molecule has 0 heterocycles. The maximum atomic E-state index is 11.8. The molecule has 172 valence electrons. The van der Waals surface area contributed by atoms with Gasteiger partial charge in [0.2, 0.25) is 0 Å². The number of ether oxygens (including phenoxy) is 2. The van der Waals surface area contributed by atoms with Crippen molar-refractivity contribution in [3.05, 3.63) is 24.3 Å². The van der Waals surface area contributed by atoms with Gasteiger partial charge < -0.3 is 14.6 Å². The van der Waals surface area contributed by atoms with Crippen molar-refractivity contribution in [2.45, 2.75) is 110 Å². The van der Waals surface area contributed by atoms with Crippen LogP contribution in [0.15, 0.2) is 24.3 Å². The molecule has 0 saturated carbocycles. The Hall–Kier alpha value is -2.11. The highest BCUT2D eigenvalue weighted by Gasteiger charge is 2.23. The van der Waals surface area contributed by atoms with Crippen LogP contribution in [0.25, 0.3) is 0 Å². The van der Waals surface area contributed by atoms with Crippen LogP contribution in [-0.2, 0) is 23.9 Å². The summed E-state index contributed by atoms with van der Waals surface area (Å²) in [4.78, 5) is 34.0. The number of hydrogen-bond donors (Lipinski definition) is 1. The lowest BCUT2D eigenvalue weighted by Gasteiger charge is -2.14. The number of esters is 2. The third-order valence-electron chi connectivity index (χ3n) is 4.61. The first-order valence-electron chi connectivity index (χ1n) is 11.3. The third kappa shape index (κ3) is 16.8. The minimum atomic E-state index is -1.26. The molecule has 0 spiro atoms. The molecule has 1 N–H and O–H groups in total. The summed E-state index contributed by atoms with van der Waals surface area (Å²) in [6.45, 7) is 4.84. The molecule has 0 aliphatic rings. The molecule has 2 atom stereocenters. The van der Waals surface area contributed by atoms with E-state index in [4.69, 9.17) is 9.84 Å². The van der Waals surface area contributed by atoms with Gasteiger partial charge in [0.25, 0.3) is 0 Å². The van der Waals surface area contributed by atoms with Gasteiger partial charge in [0.05, 0.1) is 0 Å². The molecule has 0 saturated heterocycles. The second-order valence-electron chi connectivity index (χ2n) is 7.53. The second-order valence-corrected chi connectivity index (χ2v) is 7.53. The standard InChI is InChI=1S/C24H40O6/c1-4-5-6-7-8-9-10-11-12-13-14-15-16-17-18-19-22(25)29-21(3)24(28)30-20(2)23(26)27/h8-9,11-12,20-21H,4-7,10,13-19H2,1-3H3,(H,26,27)/b9-8-,12-11-/t20-,21-/m0/s1. The molecule has 6 nitrogen and oxygen atoms in total. The summed E-state index contributed by atoms with van der Waals surface area (Å²) in [7, 11) is 0. The van der Waals surface area contributed by atoms with Crippen molar-refractivity contribution in [3.8, 4) is 0 Å². The molecule has 0 amide bonds. The molecule has 6 heteroatoms. The SMILES string of the molecule is CCCCC/C=C\C/C=C\CCCCCCCC(=O)O[C@@H](C)C(=O)O[C@@H](C)C(=O)O. The van der Waals surface area contributed by atoms with E-state index in [1.165, 1.54) is 39.5 Å². The van der Waals surface area contributed by atoms with E-state index < -0.39 is 30.1 Å². The van der Waals surface area contributed by atoms with Crippen molar-refractivity contribution in [1.82, 2.24) is 0 Å². The maximum absolute atomic E-state index is 11.8. The van der Waals surface area contributed by atoms with Crippen molar-refractivity contribution in [1.29, 1.82) is 0 Å². The average Bonchev–Trinajstić information content (AvgIpc) is 2.70. The molecular weight excluding hydrogens is 384 g/mol. The molecule has 0 radical (unpaired) electrons. The second kappa shape index (κ2) is 18.9. The molecule has 0 fully saturated rings. The fourth-order valence-electron chi connectivity index (χ4n) is 2.71. The predicted molar refractivity (Wildman–Crippen MR) is 118 cm³/mol. The number of carboxylic acids is 1. The van der Waals surface area contributed by atoms with Crippen LogP contribution in [0.5, 0.6) is 0 Å². The first-order valence-corrected chi connectivity index (χ1v) is 11.3. The summed E-state index contributed by atoms with van der Waals surface area (Å²) >= 11 is 0. The Morgan fingerprint density at radius 1 is 0.767 bits per heavy atom. The molecule has 0 rings (SSSR count). The Labute approximate surface area is 181 Å². The van der Waals surface area contributed by atoms with Gasteiger partial charge in [0, 0.05) is 6.42 Å². The zero-order chi connectivity index (χ0) is 22.6. The Bertz CT molecular complexity index is 538. The largest absolute Gasteiger partial charge is 0.479 e. The summed E-state index contributed by atoms with van der Waals surface area (Å²) in [6, 6.07) is 0. The van der Waals surface area contributed by atoms with E-state index in [0.29, 0.717) is 6.42 Å². The van der Waals surface area contributed by atoms with Crippen LogP contribution in [-0.4, -0.2) is 35.2 Å². The van der Waals surface area contributed by atoms with E-state index in [-0.39, 0.29) is 6.42 Å². The topological polar surface area (TPSA) is 89.9 Å². The zero-order valence-electron chi connectivity index (χ0n) is 18.9. The molecule has 0 aromatic carbocycles. The van der Waals surface area contributed by atoms with Gasteiger partial charge in [-0.2, -0.15) is 0 Å². The van der Waals surface area contributed by atoms with Crippen LogP contribution in [0.1, 0.15) is 97.8 Å². The maximum Gasteiger partial charge on any atom is 0.347 e. The molecule has 0 aromatic rings. The molecular formula is C24H40O6. The van der Waals surface area contributed by atoms with Gasteiger partial charge in [0.1, 0.15) is 0 Å². The number of carbonyl (C=O) groups excluding carboxylic acids is 2. The fraction of sp³-hybridized carbons (Fsp3) is 0.708. The summed E-state index contributed by atoms with van der Waals surface area (Å²) in [5.41, 5.74) is 0. The number of carboxylic acid groups (broad SMARTS) is 1. The van der Waals surface area contributed by atoms with E-state index in [0.717, 1.165) is 38.5 Å². The first kappa shape index (κ1) is 27.9. The van der Waals surface area contributed by atoms with Crippen LogP contribution >= 0.6 is 0 Å². The normalized spacial score (nSPS) is 13.4. The summed E-state index contributed by atoms with van der Waals surface area (Å²) in [6.07, 6.45) is 19.0. The minimum absolute atomic E-state index is 0.247. The van der Waals surface area contributed by atoms with Crippen LogP contribution in [0.3, 0.4) is 0 Å². The number of carbonyl (C=O) groups is 3. The average molecular weight is 425 g/mol. The first-order chi connectivity index (χ1) is 14.4. The highest BCUT2D eigenvalue weighted by molar-refractivity contribution is 5.82. The summed E-state index contributed by atoms with van der Waals surface area (Å²) in [5.74, 6) is -2.56. The van der Waals surface area contributed by atoms with E-state index in [9.17, 15) is 14.4 Å². The Kier molecular flexibility index (Phi) is 17.6. The quantitative estimate of drug-likeness (QED) is 0.171. The van der Waals surface area contributed by atoms with E-state index in [1.54, 1.807) is 0 Å². The van der Waals surface area contributed by atoms with Crippen molar-refractivity contribution in [3.63, 3.8) is 0 Å². The Morgan fingerprint density at radius 3 is 1.93 bits per heavy atom. The lowest BCUT2D eigenvalue weighted by atomic mass is 10.1. The van der Waals surface area contributed by atoms with Gasteiger partial charge in [0.15, 0.2) is 12.2 Å². The summed E-state index contributed by atoms with van der Waals surface area (Å²) in [5, 5.41) is 8.71. The monoisotopic (exact) mass is 424 g/mol. The lowest BCUT2D eigenvalue weighted by Crippen LogP contribution is -2.32. The number of aliphatic carboxylic acids is 1. The smallest absolute Gasteiger partial charge is 0.347 e. The van der Waals surface area contributed by atoms with Gasteiger partial charge in [-0.1, -0.05) is 63.3 Å². The van der Waals surface area contributed by atoms with Gasteiger partial charge in [-0.05, 0) is 52.4 Å². The lowest BCUT2D eigenvalue weighted by molar-refractivity contribution is -0.174. The highest BCUT2D eigenvalue weighted by atomic mass is 16.6. The molecule has 0 unspecified atom stereocenters. The molecule has 0 aromatic heterocycles. The van der Waals surface area contributed by atoms with Crippen LogP contribution < -0.4 is 0 Å². The Balaban J connectivity index is 3.61. The van der Waals surface area contributed by atoms with Crippen molar-refractivity contribution >= 4 is 17.9 Å². The van der Waals surface area contributed by atoms with Crippen molar-refractivity contribution < 1.29 is 29.0 Å². The van der Waals surface area contributed by atoms with Crippen LogP contribution in [0, 0.1) is 0 Å². The number of unbranched alkanes of at least 4 members (excludes halogenated alkanes) is 8.